The molecule has 0 fully saturated rings. The normalized spacial score (nSPS) is 10.2. The fraction of sp³-hybridized carbons (Fsp3) is 0.125. The van der Waals surface area contributed by atoms with Crippen LogP contribution in [0.5, 0.6) is 0 Å². The highest BCUT2D eigenvalue weighted by Gasteiger charge is 2.00. The number of hydrazone groups is 1. The number of amides is 1. The van der Waals surface area contributed by atoms with Crippen LogP contribution in [-0.4, -0.2) is 23.7 Å². The molecule has 0 saturated heterocycles. The molecule has 0 spiro atoms. The summed E-state index contributed by atoms with van der Waals surface area (Å²) in [6.45, 7) is 0.302. The minimum absolute atomic E-state index is 0.271. The van der Waals surface area contributed by atoms with Crippen LogP contribution in [0.25, 0.3) is 0 Å². The first-order valence-electron chi connectivity index (χ1n) is 3.76. The summed E-state index contributed by atoms with van der Waals surface area (Å²) in [5, 5.41) is 3.60. The van der Waals surface area contributed by atoms with Gasteiger partial charge in [-0.1, -0.05) is 0 Å². The summed E-state index contributed by atoms with van der Waals surface area (Å²) in [4.78, 5) is 15.0. The van der Waals surface area contributed by atoms with Crippen LogP contribution in [0, 0.1) is 0 Å². The van der Waals surface area contributed by atoms with Gasteiger partial charge in [0.2, 0.25) is 0 Å². The SMILES string of the molecule is NC/C=N/NC(=O)c1ccncc1. The molecular weight excluding hydrogens is 168 g/mol. The van der Waals surface area contributed by atoms with E-state index in [1.165, 1.54) is 6.21 Å². The van der Waals surface area contributed by atoms with Crippen molar-refractivity contribution in [2.24, 2.45) is 10.8 Å². The van der Waals surface area contributed by atoms with Gasteiger partial charge in [-0.15, -0.1) is 0 Å². The average Bonchev–Trinajstić information content (AvgIpc) is 2.19. The van der Waals surface area contributed by atoms with Crippen molar-refractivity contribution in [1.29, 1.82) is 0 Å². The van der Waals surface area contributed by atoms with Gasteiger partial charge in [-0.05, 0) is 12.1 Å². The summed E-state index contributed by atoms with van der Waals surface area (Å²) < 4.78 is 0. The van der Waals surface area contributed by atoms with Gasteiger partial charge in [-0.2, -0.15) is 5.10 Å². The smallest absolute Gasteiger partial charge is 0.271 e. The predicted molar refractivity (Wildman–Crippen MR) is 49.2 cm³/mol. The maximum absolute atomic E-state index is 11.2. The zero-order chi connectivity index (χ0) is 9.52. The highest BCUT2D eigenvalue weighted by atomic mass is 16.2. The third-order valence-corrected chi connectivity index (χ3v) is 1.31. The Balaban J connectivity index is 2.54. The van der Waals surface area contributed by atoms with Crippen LogP contribution in [0.2, 0.25) is 0 Å². The van der Waals surface area contributed by atoms with E-state index in [0.29, 0.717) is 12.1 Å². The molecule has 0 bridgehead atoms. The van der Waals surface area contributed by atoms with E-state index in [1.54, 1.807) is 24.5 Å². The summed E-state index contributed by atoms with van der Waals surface area (Å²) in [5.41, 5.74) is 7.98. The quantitative estimate of drug-likeness (QED) is 0.495. The number of pyridine rings is 1. The maximum Gasteiger partial charge on any atom is 0.271 e. The lowest BCUT2D eigenvalue weighted by molar-refractivity contribution is 0.0955. The van der Waals surface area contributed by atoms with Gasteiger partial charge >= 0.3 is 0 Å². The molecule has 0 aliphatic rings. The minimum Gasteiger partial charge on any atom is -0.326 e. The standard InChI is InChI=1S/C8H10N4O/c9-3-6-11-12-8(13)7-1-4-10-5-2-7/h1-2,4-6H,3,9H2,(H,12,13)/b11-6+. The Bertz CT molecular complexity index is 296. The Morgan fingerprint density at radius 2 is 2.31 bits per heavy atom. The molecule has 0 aromatic carbocycles. The molecule has 3 N–H and O–H groups in total. The fourth-order valence-corrected chi connectivity index (χ4v) is 0.725. The average molecular weight is 178 g/mol. The maximum atomic E-state index is 11.2. The lowest BCUT2D eigenvalue weighted by Gasteiger charge is -1.97. The topological polar surface area (TPSA) is 80.4 Å². The van der Waals surface area contributed by atoms with E-state index in [-0.39, 0.29) is 5.91 Å². The van der Waals surface area contributed by atoms with Gasteiger partial charge in [0.05, 0.1) is 0 Å². The number of hydrogen-bond acceptors (Lipinski definition) is 4. The number of aromatic nitrogens is 1. The molecule has 1 amide bonds. The summed E-state index contributed by atoms with van der Waals surface area (Å²) in [6, 6.07) is 3.21. The minimum atomic E-state index is -0.271. The summed E-state index contributed by atoms with van der Waals surface area (Å²) in [7, 11) is 0. The van der Waals surface area contributed by atoms with Crippen molar-refractivity contribution in [2.45, 2.75) is 0 Å². The van der Waals surface area contributed by atoms with Crippen molar-refractivity contribution < 1.29 is 4.79 Å². The van der Waals surface area contributed by atoms with Gasteiger partial charge in [0, 0.05) is 30.7 Å². The molecule has 0 saturated carbocycles. The van der Waals surface area contributed by atoms with Crippen LogP contribution in [0.4, 0.5) is 0 Å². The van der Waals surface area contributed by atoms with Crippen LogP contribution in [0.1, 0.15) is 10.4 Å². The van der Waals surface area contributed by atoms with Crippen LogP contribution >= 0.6 is 0 Å². The van der Waals surface area contributed by atoms with Gasteiger partial charge in [-0.25, -0.2) is 5.43 Å². The van der Waals surface area contributed by atoms with Crippen LogP contribution in [-0.2, 0) is 0 Å². The third-order valence-electron chi connectivity index (χ3n) is 1.31. The van der Waals surface area contributed by atoms with Gasteiger partial charge in [0.1, 0.15) is 0 Å². The largest absolute Gasteiger partial charge is 0.326 e. The van der Waals surface area contributed by atoms with E-state index in [2.05, 4.69) is 15.5 Å². The molecule has 5 heteroatoms. The van der Waals surface area contributed by atoms with E-state index in [9.17, 15) is 4.79 Å². The molecule has 1 aromatic heterocycles. The zero-order valence-corrected chi connectivity index (χ0v) is 6.97. The van der Waals surface area contributed by atoms with E-state index >= 15 is 0 Å². The molecule has 0 aliphatic heterocycles. The predicted octanol–water partition coefficient (Wildman–Crippen LogP) is -0.244. The number of rotatable bonds is 3. The lowest BCUT2D eigenvalue weighted by atomic mass is 10.3. The van der Waals surface area contributed by atoms with Crippen LogP contribution < -0.4 is 11.2 Å². The van der Waals surface area contributed by atoms with Crippen molar-refractivity contribution in [3.8, 4) is 0 Å². The third kappa shape index (κ3) is 3.00. The number of hydrogen-bond donors (Lipinski definition) is 2. The molecule has 5 nitrogen and oxygen atoms in total. The van der Waals surface area contributed by atoms with E-state index < -0.39 is 0 Å². The number of carbonyl (C=O) groups excluding carboxylic acids is 1. The molecule has 68 valence electrons. The Morgan fingerprint density at radius 3 is 2.92 bits per heavy atom. The van der Waals surface area contributed by atoms with Crippen molar-refractivity contribution in [2.75, 3.05) is 6.54 Å². The molecule has 0 atom stereocenters. The number of nitrogens with two attached hydrogens (primary N) is 1. The monoisotopic (exact) mass is 178 g/mol. The number of nitrogens with one attached hydrogen (secondary N) is 1. The second-order valence-corrected chi connectivity index (χ2v) is 2.22. The molecule has 0 radical (unpaired) electrons. The van der Waals surface area contributed by atoms with Crippen LogP contribution in [0.15, 0.2) is 29.6 Å². The van der Waals surface area contributed by atoms with Crippen LogP contribution in [0.3, 0.4) is 0 Å². The molecule has 0 unspecified atom stereocenters. The zero-order valence-electron chi connectivity index (χ0n) is 6.97. The van der Waals surface area contributed by atoms with Crippen molar-refractivity contribution in [1.82, 2.24) is 10.4 Å². The van der Waals surface area contributed by atoms with Crippen molar-refractivity contribution in [3.05, 3.63) is 30.1 Å². The first kappa shape index (κ1) is 9.34. The lowest BCUT2D eigenvalue weighted by Crippen LogP contribution is -2.18. The molecular formula is C8H10N4O. The highest BCUT2D eigenvalue weighted by molar-refractivity contribution is 5.94. The number of carbonyl (C=O) groups is 1. The molecule has 1 aromatic rings. The number of nitrogens with zero attached hydrogens (tertiary/aromatic N) is 2. The Hall–Kier alpha value is -1.75. The Morgan fingerprint density at radius 1 is 1.62 bits per heavy atom. The molecule has 1 rings (SSSR count). The summed E-state index contributed by atoms with van der Waals surface area (Å²) in [6.07, 6.45) is 4.50. The highest BCUT2D eigenvalue weighted by Crippen LogP contribution is 1.94. The Kier molecular flexibility index (Phi) is 3.59. The van der Waals surface area contributed by atoms with E-state index in [4.69, 9.17) is 5.73 Å². The first-order chi connectivity index (χ1) is 6.34. The van der Waals surface area contributed by atoms with E-state index in [0.717, 1.165) is 0 Å². The Labute approximate surface area is 75.7 Å². The molecule has 1 heterocycles. The summed E-state index contributed by atoms with van der Waals surface area (Å²) >= 11 is 0. The second-order valence-electron chi connectivity index (χ2n) is 2.22. The van der Waals surface area contributed by atoms with E-state index in [1.807, 2.05) is 0 Å². The molecule has 0 aliphatic carbocycles. The van der Waals surface area contributed by atoms with Gasteiger partial charge in [0.15, 0.2) is 0 Å². The fourth-order valence-electron chi connectivity index (χ4n) is 0.725. The second kappa shape index (κ2) is 5.00. The molecule has 13 heavy (non-hydrogen) atoms. The van der Waals surface area contributed by atoms with Gasteiger partial charge in [-0.3, -0.25) is 9.78 Å². The van der Waals surface area contributed by atoms with Crippen molar-refractivity contribution >= 4 is 12.1 Å². The first-order valence-corrected chi connectivity index (χ1v) is 3.76. The van der Waals surface area contributed by atoms with Gasteiger partial charge < -0.3 is 5.73 Å². The summed E-state index contributed by atoms with van der Waals surface area (Å²) in [5.74, 6) is -0.271. The van der Waals surface area contributed by atoms with Crippen molar-refractivity contribution in [3.63, 3.8) is 0 Å². The van der Waals surface area contributed by atoms with Gasteiger partial charge in [0.25, 0.3) is 5.91 Å².